The molecule has 2 rings (SSSR count). The van der Waals surface area contributed by atoms with Crippen molar-refractivity contribution in [3.63, 3.8) is 0 Å². The lowest BCUT2D eigenvalue weighted by Gasteiger charge is -2.11. The van der Waals surface area contributed by atoms with Gasteiger partial charge in [-0.15, -0.1) is 0 Å². The Morgan fingerprint density at radius 1 is 1.38 bits per heavy atom. The van der Waals surface area contributed by atoms with Crippen LogP contribution in [0, 0.1) is 5.82 Å². The fourth-order valence-corrected chi connectivity index (χ4v) is 2.31. The summed E-state index contributed by atoms with van der Waals surface area (Å²) in [7, 11) is 0. The minimum absolute atomic E-state index is 0.152. The fraction of sp³-hybridized carbons (Fsp3) is 0.538. The lowest BCUT2D eigenvalue weighted by atomic mass is 10.1. The molecular weight excluding hydrogens is 203 g/mol. The number of nitrogens with one attached hydrogen (secondary N) is 1. The lowest BCUT2D eigenvalue weighted by molar-refractivity contribution is 0.519. The third-order valence-electron chi connectivity index (χ3n) is 3.21. The van der Waals surface area contributed by atoms with Gasteiger partial charge in [0.15, 0.2) is 0 Å². The van der Waals surface area contributed by atoms with Crippen LogP contribution in [0.3, 0.4) is 0 Å². The van der Waals surface area contributed by atoms with Gasteiger partial charge in [0.2, 0.25) is 0 Å². The first-order chi connectivity index (χ1) is 7.74. The van der Waals surface area contributed by atoms with Crippen molar-refractivity contribution in [3.8, 4) is 0 Å². The average Bonchev–Trinajstić information content (AvgIpc) is 2.64. The topological polar surface area (TPSA) is 38.0 Å². The molecule has 0 heterocycles. The van der Waals surface area contributed by atoms with E-state index >= 15 is 0 Å². The van der Waals surface area contributed by atoms with Crippen LogP contribution in [-0.4, -0.2) is 18.6 Å². The first-order valence-electron chi connectivity index (χ1n) is 5.97. The molecule has 0 bridgehead atoms. The molecule has 0 amide bonds. The number of hydrogen-bond acceptors (Lipinski definition) is 2. The van der Waals surface area contributed by atoms with Crippen LogP contribution in [0.15, 0.2) is 24.3 Å². The third-order valence-corrected chi connectivity index (χ3v) is 3.21. The van der Waals surface area contributed by atoms with E-state index in [2.05, 4.69) is 5.32 Å². The fourth-order valence-electron chi connectivity index (χ4n) is 2.31. The minimum Gasteiger partial charge on any atom is -0.328 e. The Bertz CT molecular complexity index is 340. The van der Waals surface area contributed by atoms with E-state index in [9.17, 15) is 4.39 Å². The van der Waals surface area contributed by atoms with Gasteiger partial charge in [0, 0.05) is 12.1 Å². The van der Waals surface area contributed by atoms with Gasteiger partial charge in [-0.2, -0.15) is 0 Å². The van der Waals surface area contributed by atoms with Crippen molar-refractivity contribution in [2.24, 2.45) is 5.73 Å². The molecule has 1 aliphatic carbocycles. The van der Waals surface area contributed by atoms with E-state index in [-0.39, 0.29) is 5.82 Å². The molecule has 0 spiro atoms. The zero-order valence-electron chi connectivity index (χ0n) is 9.45. The number of rotatable bonds is 4. The Hall–Kier alpha value is -0.930. The van der Waals surface area contributed by atoms with Gasteiger partial charge in [-0.3, -0.25) is 0 Å². The van der Waals surface area contributed by atoms with Crippen molar-refractivity contribution in [2.45, 2.75) is 37.8 Å². The van der Waals surface area contributed by atoms with Crippen molar-refractivity contribution in [1.29, 1.82) is 0 Å². The van der Waals surface area contributed by atoms with E-state index < -0.39 is 0 Å². The van der Waals surface area contributed by atoms with Crippen LogP contribution in [0.1, 0.15) is 24.8 Å². The molecule has 0 aliphatic heterocycles. The average molecular weight is 222 g/mol. The maximum Gasteiger partial charge on any atom is 0.123 e. The largest absolute Gasteiger partial charge is 0.328 e. The predicted octanol–water partition coefficient (Wildman–Crippen LogP) is 1.84. The van der Waals surface area contributed by atoms with Gasteiger partial charge < -0.3 is 11.1 Å². The van der Waals surface area contributed by atoms with Crippen LogP contribution < -0.4 is 11.1 Å². The van der Waals surface area contributed by atoms with Crippen LogP contribution in [-0.2, 0) is 6.42 Å². The molecule has 0 radical (unpaired) electrons. The molecular formula is C13H19FN2. The van der Waals surface area contributed by atoms with E-state index in [0.29, 0.717) is 12.1 Å². The highest BCUT2D eigenvalue weighted by atomic mass is 19.1. The molecule has 3 heteroatoms. The molecule has 0 saturated heterocycles. The van der Waals surface area contributed by atoms with Gasteiger partial charge >= 0.3 is 0 Å². The molecule has 2 atom stereocenters. The molecule has 16 heavy (non-hydrogen) atoms. The molecule has 88 valence electrons. The normalized spacial score (nSPS) is 24.9. The Balaban J connectivity index is 1.72. The van der Waals surface area contributed by atoms with Crippen LogP contribution in [0.25, 0.3) is 0 Å². The highest BCUT2D eigenvalue weighted by Gasteiger charge is 2.20. The first-order valence-corrected chi connectivity index (χ1v) is 5.97. The third kappa shape index (κ3) is 3.29. The molecule has 1 fully saturated rings. The van der Waals surface area contributed by atoms with Gasteiger partial charge in [0.05, 0.1) is 0 Å². The summed E-state index contributed by atoms with van der Waals surface area (Å²) in [5, 5.41) is 3.48. The predicted molar refractivity (Wildman–Crippen MR) is 63.7 cm³/mol. The van der Waals surface area contributed by atoms with Crippen molar-refractivity contribution in [3.05, 3.63) is 35.6 Å². The Kier molecular flexibility index (Phi) is 3.91. The van der Waals surface area contributed by atoms with Crippen LogP contribution in [0.5, 0.6) is 0 Å². The molecule has 2 unspecified atom stereocenters. The second-order valence-electron chi connectivity index (χ2n) is 4.60. The Morgan fingerprint density at radius 3 is 2.94 bits per heavy atom. The van der Waals surface area contributed by atoms with E-state index in [1.807, 2.05) is 6.07 Å². The summed E-state index contributed by atoms with van der Waals surface area (Å²) in [5.74, 6) is -0.152. The molecule has 0 aromatic heterocycles. The van der Waals surface area contributed by atoms with Crippen molar-refractivity contribution in [2.75, 3.05) is 6.54 Å². The van der Waals surface area contributed by atoms with Gasteiger partial charge in [-0.1, -0.05) is 12.1 Å². The van der Waals surface area contributed by atoms with Crippen molar-refractivity contribution in [1.82, 2.24) is 5.32 Å². The summed E-state index contributed by atoms with van der Waals surface area (Å²) < 4.78 is 12.9. The van der Waals surface area contributed by atoms with E-state index in [1.54, 1.807) is 12.1 Å². The van der Waals surface area contributed by atoms with E-state index in [4.69, 9.17) is 5.73 Å². The number of benzene rings is 1. The molecule has 1 aromatic rings. The summed E-state index contributed by atoms with van der Waals surface area (Å²) in [6, 6.07) is 7.73. The van der Waals surface area contributed by atoms with Crippen LogP contribution >= 0.6 is 0 Å². The standard InChI is InChI=1S/C13H19FN2/c14-11-3-1-2-10(8-11)6-7-16-13-5-4-12(15)9-13/h1-3,8,12-13,16H,4-7,9,15H2. The quantitative estimate of drug-likeness (QED) is 0.815. The second kappa shape index (κ2) is 5.41. The van der Waals surface area contributed by atoms with Gasteiger partial charge in [0.25, 0.3) is 0 Å². The first kappa shape index (κ1) is 11.6. The zero-order valence-corrected chi connectivity index (χ0v) is 9.45. The maximum absolute atomic E-state index is 12.9. The van der Waals surface area contributed by atoms with Crippen LogP contribution in [0.2, 0.25) is 0 Å². The summed E-state index contributed by atoms with van der Waals surface area (Å²) in [5.41, 5.74) is 6.89. The number of hydrogen-bond donors (Lipinski definition) is 2. The van der Waals surface area contributed by atoms with Gasteiger partial charge in [-0.25, -0.2) is 4.39 Å². The molecule has 2 nitrogen and oxygen atoms in total. The van der Waals surface area contributed by atoms with Gasteiger partial charge in [-0.05, 0) is 49.9 Å². The monoisotopic (exact) mass is 222 g/mol. The highest BCUT2D eigenvalue weighted by Crippen LogP contribution is 2.16. The number of nitrogens with two attached hydrogens (primary N) is 1. The van der Waals surface area contributed by atoms with Crippen molar-refractivity contribution >= 4 is 0 Å². The summed E-state index contributed by atoms with van der Waals surface area (Å²) in [6.07, 6.45) is 4.24. The Labute approximate surface area is 96.0 Å². The van der Waals surface area contributed by atoms with Crippen LogP contribution in [0.4, 0.5) is 4.39 Å². The lowest BCUT2D eigenvalue weighted by Crippen LogP contribution is -2.30. The van der Waals surface area contributed by atoms with Gasteiger partial charge in [0.1, 0.15) is 5.82 Å². The number of halogens is 1. The van der Waals surface area contributed by atoms with E-state index in [1.165, 1.54) is 12.5 Å². The zero-order chi connectivity index (χ0) is 11.4. The highest BCUT2D eigenvalue weighted by molar-refractivity contribution is 5.16. The Morgan fingerprint density at radius 2 is 2.25 bits per heavy atom. The van der Waals surface area contributed by atoms with E-state index in [0.717, 1.165) is 31.4 Å². The summed E-state index contributed by atoms with van der Waals surface area (Å²) in [4.78, 5) is 0. The maximum atomic E-state index is 12.9. The summed E-state index contributed by atoms with van der Waals surface area (Å²) >= 11 is 0. The minimum atomic E-state index is -0.152. The molecule has 1 aromatic carbocycles. The summed E-state index contributed by atoms with van der Waals surface area (Å²) in [6.45, 7) is 0.904. The SMILES string of the molecule is NC1CCC(NCCc2cccc(F)c2)C1. The molecule has 1 aliphatic rings. The molecule has 1 saturated carbocycles. The second-order valence-corrected chi connectivity index (χ2v) is 4.60. The molecule has 3 N–H and O–H groups in total. The smallest absolute Gasteiger partial charge is 0.123 e. The van der Waals surface area contributed by atoms with Crippen molar-refractivity contribution < 1.29 is 4.39 Å².